The summed E-state index contributed by atoms with van der Waals surface area (Å²) in [4.78, 5) is 0. The molecule has 1 saturated carbocycles. The van der Waals surface area contributed by atoms with Crippen LogP contribution in [0.15, 0.2) is 0 Å². The van der Waals surface area contributed by atoms with Crippen molar-refractivity contribution >= 4 is 0 Å². The first-order chi connectivity index (χ1) is 8.11. The predicted molar refractivity (Wildman–Crippen MR) is 69.0 cm³/mol. The van der Waals surface area contributed by atoms with Crippen LogP contribution in [0.25, 0.3) is 0 Å². The molecular weight excluding hydrogens is 214 g/mol. The van der Waals surface area contributed by atoms with Gasteiger partial charge < -0.3 is 15.2 Å². The Kier molecular flexibility index (Phi) is 4.45. The third kappa shape index (κ3) is 3.43. The number of nitrogens with one attached hydrogen (secondary N) is 1. The first kappa shape index (κ1) is 13.3. The maximum absolute atomic E-state index is 9.82. The minimum Gasteiger partial charge on any atom is -0.392 e. The SMILES string of the molecule is CC(C)C(O)CNC1CCOC2(CCCC2)C1. The van der Waals surface area contributed by atoms with E-state index in [1.807, 2.05) is 0 Å². The zero-order valence-corrected chi connectivity index (χ0v) is 11.2. The molecule has 2 atom stereocenters. The van der Waals surface area contributed by atoms with Crippen LogP contribution in [0.4, 0.5) is 0 Å². The van der Waals surface area contributed by atoms with Crippen LogP contribution in [0.5, 0.6) is 0 Å². The molecule has 1 spiro atoms. The molecule has 0 bridgehead atoms. The van der Waals surface area contributed by atoms with Gasteiger partial charge in [0.05, 0.1) is 11.7 Å². The van der Waals surface area contributed by atoms with Gasteiger partial charge in [0.1, 0.15) is 0 Å². The largest absolute Gasteiger partial charge is 0.392 e. The highest BCUT2D eigenvalue weighted by Gasteiger charge is 2.39. The molecular formula is C14H27NO2. The highest BCUT2D eigenvalue weighted by atomic mass is 16.5. The van der Waals surface area contributed by atoms with Crippen LogP contribution in [0.2, 0.25) is 0 Å². The fraction of sp³-hybridized carbons (Fsp3) is 1.00. The second-order valence-electron chi connectivity index (χ2n) is 6.15. The Labute approximate surface area is 105 Å². The molecule has 3 heteroatoms. The average molecular weight is 241 g/mol. The van der Waals surface area contributed by atoms with Crippen molar-refractivity contribution in [3.63, 3.8) is 0 Å². The minimum atomic E-state index is -0.225. The molecule has 100 valence electrons. The van der Waals surface area contributed by atoms with Gasteiger partial charge in [-0.1, -0.05) is 26.7 Å². The fourth-order valence-electron chi connectivity index (χ4n) is 3.09. The topological polar surface area (TPSA) is 41.5 Å². The van der Waals surface area contributed by atoms with E-state index >= 15 is 0 Å². The summed E-state index contributed by atoms with van der Waals surface area (Å²) in [5.41, 5.74) is 0.179. The summed E-state index contributed by atoms with van der Waals surface area (Å²) in [6.45, 7) is 5.73. The lowest BCUT2D eigenvalue weighted by molar-refractivity contribution is -0.0846. The molecule has 0 aromatic carbocycles. The van der Waals surface area contributed by atoms with Gasteiger partial charge in [0.25, 0.3) is 0 Å². The second kappa shape index (κ2) is 5.68. The number of aliphatic hydroxyl groups excluding tert-OH is 1. The highest BCUT2D eigenvalue weighted by molar-refractivity contribution is 4.93. The Morgan fingerprint density at radius 2 is 2.06 bits per heavy atom. The van der Waals surface area contributed by atoms with Gasteiger partial charge in [-0.05, 0) is 31.6 Å². The lowest BCUT2D eigenvalue weighted by atomic mass is 9.89. The van der Waals surface area contributed by atoms with Crippen molar-refractivity contribution < 1.29 is 9.84 Å². The lowest BCUT2D eigenvalue weighted by Crippen LogP contribution is -2.47. The van der Waals surface area contributed by atoms with Gasteiger partial charge >= 0.3 is 0 Å². The third-order valence-electron chi connectivity index (χ3n) is 4.39. The smallest absolute Gasteiger partial charge is 0.0697 e. The maximum atomic E-state index is 9.82. The zero-order chi connectivity index (χ0) is 12.3. The zero-order valence-electron chi connectivity index (χ0n) is 11.2. The molecule has 1 aliphatic heterocycles. The van der Waals surface area contributed by atoms with Gasteiger partial charge in [-0.3, -0.25) is 0 Å². The predicted octanol–water partition coefficient (Wildman–Crippen LogP) is 2.08. The summed E-state index contributed by atoms with van der Waals surface area (Å²) in [6, 6.07) is 0.537. The lowest BCUT2D eigenvalue weighted by Gasteiger charge is -2.39. The molecule has 1 saturated heterocycles. The van der Waals surface area contributed by atoms with Gasteiger partial charge in [-0.2, -0.15) is 0 Å². The van der Waals surface area contributed by atoms with Gasteiger partial charge in [0.15, 0.2) is 0 Å². The summed E-state index contributed by atoms with van der Waals surface area (Å²) in [6.07, 6.45) is 7.11. The van der Waals surface area contributed by atoms with Gasteiger partial charge in [-0.25, -0.2) is 0 Å². The number of ether oxygens (including phenoxy) is 1. The standard InChI is InChI=1S/C14H27NO2/c1-11(2)13(16)10-15-12-5-8-17-14(9-12)6-3-4-7-14/h11-13,15-16H,3-10H2,1-2H3. The summed E-state index contributed by atoms with van der Waals surface area (Å²) in [5, 5.41) is 13.3. The number of aliphatic hydroxyl groups is 1. The summed E-state index contributed by atoms with van der Waals surface area (Å²) >= 11 is 0. The van der Waals surface area contributed by atoms with Crippen LogP contribution >= 0.6 is 0 Å². The van der Waals surface area contributed by atoms with E-state index in [1.54, 1.807) is 0 Å². The molecule has 2 fully saturated rings. The minimum absolute atomic E-state index is 0.179. The van der Waals surface area contributed by atoms with E-state index in [9.17, 15) is 5.11 Å². The van der Waals surface area contributed by atoms with Crippen molar-refractivity contribution in [2.24, 2.45) is 5.92 Å². The van der Waals surface area contributed by atoms with Crippen molar-refractivity contribution in [3.05, 3.63) is 0 Å². The Balaban J connectivity index is 1.77. The molecule has 0 radical (unpaired) electrons. The molecule has 0 aromatic rings. The summed E-state index contributed by atoms with van der Waals surface area (Å²) in [5.74, 6) is 0.336. The van der Waals surface area contributed by atoms with Crippen LogP contribution in [0, 0.1) is 5.92 Å². The third-order valence-corrected chi connectivity index (χ3v) is 4.39. The number of hydrogen-bond acceptors (Lipinski definition) is 3. The Morgan fingerprint density at radius 1 is 1.35 bits per heavy atom. The van der Waals surface area contributed by atoms with Gasteiger partial charge in [0.2, 0.25) is 0 Å². The maximum Gasteiger partial charge on any atom is 0.0697 e. The van der Waals surface area contributed by atoms with Crippen molar-refractivity contribution in [2.75, 3.05) is 13.2 Å². The quantitative estimate of drug-likeness (QED) is 0.792. The molecule has 2 unspecified atom stereocenters. The molecule has 2 rings (SSSR count). The first-order valence-corrected chi connectivity index (χ1v) is 7.17. The average Bonchev–Trinajstić information content (AvgIpc) is 2.74. The molecule has 2 aliphatic rings. The molecule has 3 nitrogen and oxygen atoms in total. The van der Waals surface area contributed by atoms with Gasteiger partial charge in [0, 0.05) is 19.2 Å². The van der Waals surface area contributed by atoms with Crippen molar-refractivity contribution in [2.45, 2.75) is 70.1 Å². The number of hydrogen-bond donors (Lipinski definition) is 2. The van der Waals surface area contributed by atoms with Crippen LogP contribution in [-0.2, 0) is 4.74 Å². The molecule has 2 N–H and O–H groups in total. The molecule has 17 heavy (non-hydrogen) atoms. The fourth-order valence-corrected chi connectivity index (χ4v) is 3.09. The molecule has 1 heterocycles. The van der Waals surface area contributed by atoms with E-state index in [0.717, 1.165) is 26.0 Å². The van der Waals surface area contributed by atoms with Crippen molar-refractivity contribution in [3.8, 4) is 0 Å². The molecule has 1 aliphatic carbocycles. The number of rotatable bonds is 4. The van der Waals surface area contributed by atoms with E-state index in [4.69, 9.17) is 4.74 Å². The van der Waals surface area contributed by atoms with Crippen molar-refractivity contribution in [1.29, 1.82) is 0 Å². The van der Waals surface area contributed by atoms with E-state index < -0.39 is 0 Å². The van der Waals surface area contributed by atoms with Gasteiger partial charge in [-0.15, -0.1) is 0 Å². The first-order valence-electron chi connectivity index (χ1n) is 7.17. The van der Waals surface area contributed by atoms with E-state index in [-0.39, 0.29) is 11.7 Å². The Bertz CT molecular complexity index is 236. The summed E-state index contributed by atoms with van der Waals surface area (Å²) < 4.78 is 6.01. The van der Waals surface area contributed by atoms with E-state index in [0.29, 0.717) is 12.0 Å². The normalized spacial score (nSPS) is 30.0. The van der Waals surface area contributed by atoms with Crippen LogP contribution < -0.4 is 5.32 Å². The Hall–Kier alpha value is -0.120. The Morgan fingerprint density at radius 3 is 2.71 bits per heavy atom. The monoisotopic (exact) mass is 241 g/mol. The van der Waals surface area contributed by atoms with Crippen LogP contribution in [0.3, 0.4) is 0 Å². The molecule has 0 amide bonds. The molecule has 0 aromatic heterocycles. The summed E-state index contributed by atoms with van der Waals surface area (Å²) in [7, 11) is 0. The second-order valence-corrected chi connectivity index (χ2v) is 6.15. The van der Waals surface area contributed by atoms with Crippen LogP contribution in [-0.4, -0.2) is 36.0 Å². The highest BCUT2D eigenvalue weighted by Crippen LogP contribution is 2.39. The van der Waals surface area contributed by atoms with E-state index in [1.165, 1.54) is 25.7 Å². The van der Waals surface area contributed by atoms with Crippen LogP contribution in [0.1, 0.15) is 52.4 Å². The van der Waals surface area contributed by atoms with Crippen molar-refractivity contribution in [1.82, 2.24) is 5.32 Å². The van der Waals surface area contributed by atoms with E-state index in [2.05, 4.69) is 19.2 Å².